The van der Waals surface area contributed by atoms with Gasteiger partial charge in [0, 0.05) is 50.9 Å². The van der Waals surface area contributed by atoms with E-state index in [0.29, 0.717) is 29.0 Å². The molecule has 2 atom stereocenters. The van der Waals surface area contributed by atoms with E-state index in [2.05, 4.69) is 30.1 Å². The number of likely N-dealkylation sites (tertiary alicyclic amines) is 1. The molecule has 13 nitrogen and oxygen atoms in total. The molecule has 1 unspecified atom stereocenters. The van der Waals surface area contributed by atoms with E-state index < -0.39 is 30.6 Å². The molecule has 0 spiro atoms. The summed E-state index contributed by atoms with van der Waals surface area (Å²) >= 11 is 0. The molecule has 3 aliphatic heterocycles. The van der Waals surface area contributed by atoms with Gasteiger partial charge in [0.1, 0.15) is 29.4 Å². The van der Waals surface area contributed by atoms with Crippen molar-refractivity contribution in [3.8, 4) is 29.0 Å². The van der Waals surface area contributed by atoms with Gasteiger partial charge >= 0.3 is 5.92 Å². The zero-order chi connectivity index (χ0) is 34.0. The predicted octanol–water partition coefficient (Wildman–Crippen LogP) is 2.99. The van der Waals surface area contributed by atoms with Crippen LogP contribution in [-0.2, 0) is 9.53 Å². The molecule has 1 amide bonds. The maximum absolute atomic E-state index is 15.0. The Morgan fingerprint density at radius 3 is 2.58 bits per heavy atom. The third-order valence-electron chi connectivity index (χ3n) is 8.88. The van der Waals surface area contributed by atoms with E-state index in [0.717, 1.165) is 55.5 Å². The third kappa shape index (κ3) is 6.96. The van der Waals surface area contributed by atoms with Gasteiger partial charge in [-0.2, -0.15) is 10.2 Å². The molecule has 0 bridgehead atoms. The molecule has 3 aliphatic rings. The first-order valence-corrected chi connectivity index (χ1v) is 15.8. The SMILES string of the molecule is COc1nc(Nc2ncc(C)c(-c3ccc(OC4CCN(C(=O)[C@H](C)O)CC4(F)F)c(C#N)c3)n2)ccc1N1CCN(C2COC2)CC1. The number of hydrogen-bond donors (Lipinski definition) is 2. The molecule has 3 fully saturated rings. The monoisotopic (exact) mass is 664 g/mol. The number of benzene rings is 1. The summed E-state index contributed by atoms with van der Waals surface area (Å²) in [7, 11) is 1.58. The van der Waals surface area contributed by atoms with E-state index in [1.807, 2.05) is 25.1 Å². The number of piperazine rings is 1. The highest BCUT2D eigenvalue weighted by Crippen LogP contribution is 2.35. The minimum absolute atomic E-state index is 0.00105. The molecule has 5 heterocycles. The van der Waals surface area contributed by atoms with Gasteiger partial charge in [0.05, 0.1) is 44.2 Å². The summed E-state index contributed by atoms with van der Waals surface area (Å²) in [6.45, 7) is 7.37. The molecule has 15 heteroatoms. The van der Waals surface area contributed by atoms with Crippen LogP contribution in [0.4, 0.5) is 26.2 Å². The topological polar surface area (TPSA) is 149 Å². The largest absolute Gasteiger partial charge is 0.483 e. The van der Waals surface area contributed by atoms with Crippen molar-refractivity contribution in [1.82, 2.24) is 24.8 Å². The van der Waals surface area contributed by atoms with E-state index in [-0.39, 0.29) is 30.2 Å². The Morgan fingerprint density at radius 1 is 1.17 bits per heavy atom. The Labute approximate surface area is 277 Å². The first-order chi connectivity index (χ1) is 23.1. The smallest absolute Gasteiger partial charge is 0.301 e. The van der Waals surface area contributed by atoms with E-state index >= 15 is 0 Å². The summed E-state index contributed by atoms with van der Waals surface area (Å²) in [5, 5.41) is 22.5. The van der Waals surface area contributed by atoms with Crippen LogP contribution >= 0.6 is 0 Å². The molecule has 0 saturated carbocycles. The quantitative estimate of drug-likeness (QED) is 0.346. The molecular formula is C33H38F2N8O5. The van der Waals surface area contributed by atoms with Gasteiger partial charge in [-0.25, -0.2) is 18.7 Å². The number of pyridine rings is 1. The second kappa shape index (κ2) is 13.8. The van der Waals surface area contributed by atoms with Gasteiger partial charge in [-0.1, -0.05) is 0 Å². The molecule has 48 heavy (non-hydrogen) atoms. The van der Waals surface area contributed by atoms with Crippen LogP contribution in [0, 0.1) is 18.3 Å². The maximum Gasteiger partial charge on any atom is 0.301 e. The fourth-order valence-electron chi connectivity index (χ4n) is 6.10. The molecular weight excluding hydrogens is 626 g/mol. The van der Waals surface area contributed by atoms with Crippen molar-refractivity contribution in [3.05, 3.63) is 47.7 Å². The molecule has 254 valence electrons. The summed E-state index contributed by atoms with van der Waals surface area (Å²) in [4.78, 5) is 31.4. The number of aliphatic hydroxyl groups is 1. The lowest BCUT2D eigenvalue weighted by molar-refractivity contribution is -0.165. The normalized spacial score (nSPS) is 20.4. The van der Waals surface area contributed by atoms with Gasteiger partial charge in [0.15, 0.2) is 6.10 Å². The van der Waals surface area contributed by atoms with Crippen LogP contribution in [0.15, 0.2) is 36.5 Å². The van der Waals surface area contributed by atoms with Crippen molar-refractivity contribution in [1.29, 1.82) is 5.26 Å². The first-order valence-electron chi connectivity index (χ1n) is 15.8. The summed E-state index contributed by atoms with van der Waals surface area (Å²) in [5.41, 5.74) is 2.79. The lowest BCUT2D eigenvalue weighted by Gasteiger charge is -2.43. The number of anilines is 3. The van der Waals surface area contributed by atoms with Crippen LogP contribution in [0.25, 0.3) is 11.3 Å². The Morgan fingerprint density at radius 2 is 1.94 bits per heavy atom. The van der Waals surface area contributed by atoms with Gasteiger partial charge in [-0.15, -0.1) is 0 Å². The Hall–Kier alpha value is -4.65. The van der Waals surface area contributed by atoms with Gasteiger partial charge in [-0.05, 0) is 49.7 Å². The van der Waals surface area contributed by atoms with Crippen LogP contribution in [0.3, 0.4) is 0 Å². The molecule has 6 rings (SSSR count). The Kier molecular flexibility index (Phi) is 9.58. The molecule has 1 aromatic carbocycles. The number of methoxy groups -OCH3 is 1. The number of alkyl halides is 2. The zero-order valence-corrected chi connectivity index (χ0v) is 27.0. The minimum atomic E-state index is -3.38. The van der Waals surface area contributed by atoms with E-state index in [4.69, 9.17) is 14.2 Å². The number of ether oxygens (including phenoxy) is 3. The maximum atomic E-state index is 15.0. The van der Waals surface area contributed by atoms with Gasteiger partial charge in [-0.3, -0.25) is 9.69 Å². The van der Waals surface area contributed by atoms with Crippen molar-refractivity contribution < 1.29 is 32.9 Å². The average molecular weight is 665 g/mol. The lowest BCUT2D eigenvalue weighted by Crippen LogP contribution is -2.56. The van der Waals surface area contributed by atoms with Crippen LogP contribution in [0.1, 0.15) is 24.5 Å². The summed E-state index contributed by atoms with van der Waals surface area (Å²) in [5.74, 6) is -2.91. The van der Waals surface area contributed by atoms with Crippen LogP contribution in [-0.4, -0.2) is 120 Å². The molecule has 2 N–H and O–H groups in total. The fourth-order valence-corrected chi connectivity index (χ4v) is 6.10. The summed E-state index contributed by atoms with van der Waals surface area (Å²) in [6, 6.07) is 11.0. The van der Waals surface area contributed by atoms with E-state index in [1.165, 1.54) is 19.1 Å². The van der Waals surface area contributed by atoms with Crippen molar-refractivity contribution in [2.75, 3.05) is 69.8 Å². The van der Waals surface area contributed by atoms with Gasteiger partial charge in [0.25, 0.3) is 5.91 Å². The third-order valence-corrected chi connectivity index (χ3v) is 8.88. The number of piperidine rings is 1. The zero-order valence-electron chi connectivity index (χ0n) is 27.0. The van der Waals surface area contributed by atoms with Crippen molar-refractivity contribution in [2.24, 2.45) is 0 Å². The van der Waals surface area contributed by atoms with Crippen molar-refractivity contribution in [3.63, 3.8) is 0 Å². The number of aliphatic hydroxyl groups excluding tert-OH is 1. The van der Waals surface area contributed by atoms with Crippen molar-refractivity contribution >= 4 is 23.4 Å². The number of carbonyl (C=O) groups excluding carboxylic acids is 1. The van der Waals surface area contributed by atoms with Crippen LogP contribution in [0.2, 0.25) is 0 Å². The Bertz CT molecular complexity index is 1690. The van der Waals surface area contributed by atoms with Crippen molar-refractivity contribution in [2.45, 2.75) is 44.4 Å². The number of nitrogens with one attached hydrogen (secondary N) is 1. The number of halogens is 2. The highest BCUT2D eigenvalue weighted by Gasteiger charge is 2.48. The Balaban J connectivity index is 1.15. The number of nitriles is 1. The molecule has 0 radical (unpaired) electrons. The highest BCUT2D eigenvalue weighted by molar-refractivity contribution is 5.80. The second-order valence-corrected chi connectivity index (χ2v) is 12.2. The fraction of sp³-hybridized carbons (Fsp3) is 0.485. The first kappa shape index (κ1) is 33.3. The molecule has 0 aliphatic carbocycles. The van der Waals surface area contributed by atoms with Gasteiger partial charge in [0.2, 0.25) is 11.8 Å². The number of hydrogen-bond acceptors (Lipinski definition) is 12. The molecule has 2 aromatic heterocycles. The van der Waals surface area contributed by atoms with Crippen LogP contribution in [0.5, 0.6) is 11.6 Å². The van der Waals surface area contributed by atoms with E-state index in [1.54, 1.807) is 19.4 Å². The molecule has 3 saturated heterocycles. The second-order valence-electron chi connectivity index (χ2n) is 12.2. The standard InChI is InChI=1S/C33H38F2N8O5/c1-20-16-37-32(39-28-7-5-25(30(38-28)46-3)42-12-10-41(11-13-42)24-17-47-18-24)40-29(20)22-4-6-26(23(14-22)15-36)48-27-8-9-43(19-33(27,34)35)31(45)21(2)44/h4-7,14,16,21,24,27,44H,8-13,17-19H2,1-3H3,(H,37,38,39,40)/t21-,27?/m0/s1. The predicted molar refractivity (Wildman–Crippen MR) is 172 cm³/mol. The average Bonchev–Trinajstić information content (AvgIpc) is 3.05. The highest BCUT2D eigenvalue weighted by atomic mass is 19.3. The minimum Gasteiger partial charge on any atom is -0.483 e. The number of nitrogens with zero attached hydrogens (tertiary/aromatic N) is 7. The van der Waals surface area contributed by atoms with Gasteiger partial charge < -0.3 is 34.4 Å². The number of amides is 1. The lowest BCUT2D eigenvalue weighted by atomic mass is 10.0. The van der Waals surface area contributed by atoms with E-state index in [9.17, 15) is 23.9 Å². The summed E-state index contributed by atoms with van der Waals surface area (Å²) < 4.78 is 46.6. The molecule has 3 aromatic rings. The summed E-state index contributed by atoms with van der Waals surface area (Å²) in [6.07, 6.45) is -1.44. The number of aromatic nitrogens is 3. The van der Waals surface area contributed by atoms with Crippen LogP contribution < -0.4 is 19.7 Å². The number of aryl methyl sites for hydroxylation is 1. The number of rotatable bonds is 9. The number of carbonyl (C=O) groups is 1.